The van der Waals surface area contributed by atoms with Gasteiger partial charge in [0.1, 0.15) is 11.6 Å². The number of urea groups is 1. The molecule has 11 heteroatoms. The Hall–Kier alpha value is -4.20. The van der Waals surface area contributed by atoms with E-state index >= 15 is 0 Å². The van der Waals surface area contributed by atoms with Gasteiger partial charge in [-0.1, -0.05) is 11.8 Å². The van der Waals surface area contributed by atoms with Gasteiger partial charge in [0.15, 0.2) is 5.88 Å². The number of amides is 3. The number of benzene rings is 2. The number of imide groups is 1. The lowest BCUT2D eigenvalue weighted by atomic mass is 9.99. The Labute approximate surface area is 183 Å². The lowest BCUT2D eigenvalue weighted by molar-refractivity contribution is -0.140. The molecular formula is C22H15F4N3O4. The van der Waals surface area contributed by atoms with E-state index in [0.717, 1.165) is 6.07 Å². The molecule has 1 saturated heterocycles. The second-order valence-electron chi connectivity index (χ2n) is 7.29. The fourth-order valence-electron chi connectivity index (χ4n) is 3.46. The minimum atomic E-state index is -4.87. The van der Waals surface area contributed by atoms with Crippen LogP contribution in [0.1, 0.15) is 11.1 Å². The Morgan fingerprint density at radius 3 is 2.55 bits per heavy atom. The molecule has 0 radical (unpaired) electrons. The van der Waals surface area contributed by atoms with Crippen LogP contribution in [-0.2, 0) is 17.5 Å². The number of hydrogen-bond acceptors (Lipinski definition) is 4. The first-order valence-electron chi connectivity index (χ1n) is 9.42. The van der Waals surface area contributed by atoms with Crippen LogP contribution in [-0.4, -0.2) is 34.3 Å². The zero-order valence-electron chi connectivity index (χ0n) is 16.9. The van der Waals surface area contributed by atoms with Crippen molar-refractivity contribution in [2.45, 2.75) is 18.3 Å². The number of alkyl halides is 3. The van der Waals surface area contributed by atoms with Gasteiger partial charge in [0.05, 0.1) is 19.2 Å². The van der Waals surface area contributed by atoms with Crippen LogP contribution in [0.3, 0.4) is 0 Å². The Kier molecular flexibility index (Phi) is 5.16. The summed E-state index contributed by atoms with van der Waals surface area (Å²) < 4.78 is 58.6. The van der Waals surface area contributed by atoms with Gasteiger partial charge in [-0.05, 0) is 36.4 Å². The summed E-state index contributed by atoms with van der Waals surface area (Å²) in [7, 11) is 1.46. The van der Waals surface area contributed by atoms with Crippen LogP contribution in [0, 0.1) is 17.7 Å². The van der Waals surface area contributed by atoms with Crippen molar-refractivity contribution in [1.82, 2.24) is 15.2 Å². The topological polar surface area (TPSA) is 92.6 Å². The number of hydrogen-bond donors (Lipinski definition) is 3. The molecule has 3 aromatic rings. The molecule has 2 heterocycles. The predicted molar refractivity (Wildman–Crippen MR) is 108 cm³/mol. The molecule has 1 atom stereocenters. The van der Waals surface area contributed by atoms with Crippen molar-refractivity contribution in [3.8, 4) is 23.5 Å². The summed E-state index contributed by atoms with van der Waals surface area (Å²) in [5.74, 6) is 2.87. The monoisotopic (exact) mass is 461 g/mol. The first-order chi connectivity index (χ1) is 15.5. The molecular weight excluding hydrogens is 446 g/mol. The summed E-state index contributed by atoms with van der Waals surface area (Å²) >= 11 is 0. The Morgan fingerprint density at radius 1 is 1.18 bits per heavy atom. The third-order valence-corrected chi connectivity index (χ3v) is 5.11. The number of nitrogens with zero attached hydrogens (tertiary/aromatic N) is 1. The standard InChI is InChI=1S/C22H15F4N3O4/c1-33-14-4-3-13-10-29(18(30)15(13)9-14)11-21(19(31)27-20(32)28-21)7-6-12-2-5-16(17(23)8-12)22(24,25)26/h2-5,8-10,30H,11H2,1H3,(H2,27,28,31,32)/t21-/m1/s1. The highest BCUT2D eigenvalue weighted by molar-refractivity contribution is 6.09. The van der Waals surface area contributed by atoms with Crippen molar-refractivity contribution in [3.63, 3.8) is 0 Å². The number of fused-ring (bicyclic) bond motifs is 1. The molecule has 3 amide bonds. The lowest BCUT2D eigenvalue weighted by Gasteiger charge is -2.20. The molecule has 0 spiro atoms. The second kappa shape index (κ2) is 7.74. The zero-order valence-corrected chi connectivity index (χ0v) is 16.9. The van der Waals surface area contributed by atoms with Crippen molar-refractivity contribution < 1.29 is 37.0 Å². The molecule has 33 heavy (non-hydrogen) atoms. The molecule has 0 saturated carbocycles. The van der Waals surface area contributed by atoms with E-state index in [1.165, 1.54) is 17.9 Å². The Balaban J connectivity index is 1.73. The van der Waals surface area contributed by atoms with Crippen LogP contribution in [0.4, 0.5) is 22.4 Å². The molecule has 1 aliphatic heterocycles. The molecule has 0 aliphatic carbocycles. The Morgan fingerprint density at radius 2 is 1.94 bits per heavy atom. The second-order valence-corrected chi connectivity index (χ2v) is 7.29. The number of nitrogens with one attached hydrogen (secondary N) is 2. The fourth-order valence-corrected chi connectivity index (χ4v) is 3.46. The minimum absolute atomic E-state index is 0.138. The molecule has 170 valence electrons. The molecule has 0 unspecified atom stereocenters. The summed E-state index contributed by atoms with van der Waals surface area (Å²) in [5.41, 5.74) is -3.46. The normalized spacial score (nSPS) is 18.0. The fraction of sp³-hybridized carbons (Fsp3) is 0.182. The van der Waals surface area contributed by atoms with E-state index in [9.17, 15) is 32.3 Å². The van der Waals surface area contributed by atoms with E-state index in [0.29, 0.717) is 28.7 Å². The molecule has 4 rings (SSSR count). The maximum absolute atomic E-state index is 13.9. The van der Waals surface area contributed by atoms with Crippen molar-refractivity contribution in [2.24, 2.45) is 0 Å². The van der Waals surface area contributed by atoms with Gasteiger partial charge in [0, 0.05) is 22.5 Å². The van der Waals surface area contributed by atoms with Crippen molar-refractivity contribution in [3.05, 3.63) is 59.5 Å². The van der Waals surface area contributed by atoms with Crippen LogP contribution in [0.15, 0.2) is 42.6 Å². The summed E-state index contributed by atoms with van der Waals surface area (Å²) in [5, 5.41) is 16.1. The molecule has 7 nitrogen and oxygen atoms in total. The lowest BCUT2D eigenvalue weighted by Crippen LogP contribution is -2.49. The number of methoxy groups -OCH3 is 1. The molecule has 2 aromatic carbocycles. The summed E-state index contributed by atoms with van der Waals surface area (Å²) in [6, 6.07) is 6.17. The maximum Gasteiger partial charge on any atom is 0.419 e. The number of ether oxygens (including phenoxy) is 1. The van der Waals surface area contributed by atoms with E-state index in [2.05, 4.69) is 17.2 Å². The van der Waals surface area contributed by atoms with E-state index < -0.39 is 35.0 Å². The van der Waals surface area contributed by atoms with Gasteiger partial charge in [-0.15, -0.1) is 0 Å². The van der Waals surface area contributed by atoms with Gasteiger partial charge >= 0.3 is 12.2 Å². The van der Waals surface area contributed by atoms with Crippen LogP contribution in [0.2, 0.25) is 0 Å². The summed E-state index contributed by atoms with van der Waals surface area (Å²) in [4.78, 5) is 24.4. The maximum atomic E-state index is 13.9. The number of aromatic hydroxyl groups is 1. The van der Waals surface area contributed by atoms with E-state index in [1.807, 2.05) is 5.32 Å². The highest BCUT2D eigenvalue weighted by atomic mass is 19.4. The third-order valence-electron chi connectivity index (χ3n) is 5.11. The number of halogens is 4. The van der Waals surface area contributed by atoms with Crippen molar-refractivity contribution in [1.29, 1.82) is 0 Å². The van der Waals surface area contributed by atoms with E-state index in [1.54, 1.807) is 18.2 Å². The zero-order chi connectivity index (χ0) is 24.0. The first-order valence-corrected chi connectivity index (χ1v) is 9.42. The average molecular weight is 461 g/mol. The number of rotatable bonds is 3. The SMILES string of the molecule is COc1ccc2cn(C[C@@]3(C#Cc4ccc(C(F)(F)F)c(F)c4)NC(=O)NC3=O)c(O)c2c1. The van der Waals surface area contributed by atoms with Crippen molar-refractivity contribution >= 4 is 22.7 Å². The van der Waals surface area contributed by atoms with Crippen LogP contribution in [0.5, 0.6) is 11.6 Å². The molecule has 1 aromatic heterocycles. The van der Waals surface area contributed by atoms with Gasteiger partial charge in [-0.25, -0.2) is 9.18 Å². The highest BCUT2D eigenvalue weighted by Crippen LogP contribution is 2.33. The number of carbonyl (C=O) groups is 2. The summed E-state index contributed by atoms with van der Waals surface area (Å²) in [6.45, 7) is -0.330. The molecule has 1 aliphatic rings. The van der Waals surface area contributed by atoms with Gasteiger partial charge in [0.2, 0.25) is 5.54 Å². The van der Waals surface area contributed by atoms with E-state index in [-0.39, 0.29) is 18.0 Å². The summed E-state index contributed by atoms with van der Waals surface area (Å²) in [6.07, 6.45) is -3.34. The largest absolute Gasteiger partial charge is 0.497 e. The highest BCUT2D eigenvalue weighted by Gasteiger charge is 2.46. The first kappa shape index (κ1) is 22.0. The number of aromatic nitrogens is 1. The van der Waals surface area contributed by atoms with Crippen LogP contribution >= 0.6 is 0 Å². The van der Waals surface area contributed by atoms with Gasteiger partial charge < -0.3 is 19.7 Å². The molecule has 1 fully saturated rings. The van der Waals surface area contributed by atoms with Crippen LogP contribution in [0.25, 0.3) is 10.8 Å². The van der Waals surface area contributed by atoms with Crippen LogP contribution < -0.4 is 15.4 Å². The average Bonchev–Trinajstić information content (AvgIpc) is 3.20. The smallest absolute Gasteiger partial charge is 0.419 e. The predicted octanol–water partition coefficient (Wildman–Crippen LogP) is 3.14. The van der Waals surface area contributed by atoms with Crippen molar-refractivity contribution in [2.75, 3.05) is 7.11 Å². The van der Waals surface area contributed by atoms with E-state index in [4.69, 9.17) is 4.74 Å². The quantitative estimate of drug-likeness (QED) is 0.318. The third kappa shape index (κ3) is 4.03. The molecule has 0 bridgehead atoms. The number of carbonyl (C=O) groups excluding carboxylic acids is 2. The minimum Gasteiger partial charge on any atom is -0.497 e. The van der Waals surface area contributed by atoms with Gasteiger partial charge in [0.25, 0.3) is 5.91 Å². The van der Waals surface area contributed by atoms with Gasteiger partial charge in [-0.2, -0.15) is 13.2 Å². The Bertz CT molecular complexity index is 1350. The molecule has 3 N–H and O–H groups in total. The van der Waals surface area contributed by atoms with Gasteiger partial charge in [-0.3, -0.25) is 10.1 Å².